The predicted octanol–water partition coefficient (Wildman–Crippen LogP) is 4.67. The Morgan fingerprint density at radius 2 is 1.83 bits per heavy atom. The van der Waals surface area contributed by atoms with Crippen LogP contribution in [0, 0.1) is 0 Å². The molecule has 2 N–H and O–H groups in total. The van der Waals surface area contributed by atoms with E-state index in [2.05, 4.69) is 26.2 Å². The molecule has 0 amide bonds. The van der Waals surface area contributed by atoms with Crippen molar-refractivity contribution in [1.82, 2.24) is 15.2 Å². The number of nitrogens with one attached hydrogen (secondary N) is 2. The van der Waals surface area contributed by atoms with Crippen molar-refractivity contribution >= 4 is 51.6 Å². The lowest BCUT2D eigenvalue weighted by Crippen LogP contribution is -2.46. The molecule has 1 saturated heterocycles. The SMILES string of the molecule is Cl.Cl.FC(F)(F)C[C@@H](c1c[nH]c2ccc(Br)cc12)N1CCNCC1. The lowest BCUT2D eigenvalue weighted by atomic mass is 10.00. The van der Waals surface area contributed by atoms with E-state index in [1.807, 2.05) is 23.1 Å². The second kappa shape index (κ2) is 8.76. The van der Waals surface area contributed by atoms with E-state index in [1.54, 1.807) is 6.20 Å². The third kappa shape index (κ3) is 5.02. The molecule has 0 bridgehead atoms. The number of halogens is 6. The Labute approximate surface area is 159 Å². The minimum atomic E-state index is -4.19. The number of aromatic nitrogens is 1. The summed E-state index contributed by atoms with van der Waals surface area (Å²) >= 11 is 3.40. The third-order valence-electron chi connectivity index (χ3n) is 4.05. The van der Waals surface area contributed by atoms with Crippen LogP contribution in [0.25, 0.3) is 10.9 Å². The second-order valence-corrected chi connectivity index (χ2v) is 6.47. The summed E-state index contributed by atoms with van der Waals surface area (Å²) in [7, 11) is 0. The molecule has 0 spiro atoms. The van der Waals surface area contributed by atoms with Crippen molar-refractivity contribution in [3.05, 3.63) is 34.4 Å². The highest BCUT2D eigenvalue weighted by molar-refractivity contribution is 9.10. The third-order valence-corrected chi connectivity index (χ3v) is 4.55. The molecule has 1 fully saturated rings. The standard InChI is InChI=1S/C15H17BrF3N3.2ClH/c16-10-1-2-13-11(7-10)12(9-21-13)14(8-15(17,18)19)22-5-3-20-4-6-22;;/h1-2,7,9,14,20-21H,3-6,8H2;2*1H/t14-;;/m0../s1. The number of hydrogen-bond donors (Lipinski definition) is 2. The summed E-state index contributed by atoms with van der Waals surface area (Å²) in [5.41, 5.74) is 1.58. The fourth-order valence-electron chi connectivity index (χ4n) is 3.04. The molecule has 1 aromatic heterocycles. The fourth-order valence-corrected chi connectivity index (χ4v) is 3.40. The maximum absolute atomic E-state index is 13.1. The highest BCUT2D eigenvalue weighted by Gasteiger charge is 2.36. The summed E-state index contributed by atoms with van der Waals surface area (Å²) in [5, 5.41) is 4.03. The normalized spacial score (nSPS) is 17.2. The molecule has 9 heteroatoms. The van der Waals surface area contributed by atoms with E-state index in [0.29, 0.717) is 13.1 Å². The van der Waals surface area contributed by atoms with Crippen molar-refractivity contribution in [1.29, 1.82) is 0 Å². The van der Waals surface area contributed by atoms with Gasteiger partial charge in [-0.1, -0.05) is 15.9 Å². The van der Waals surface area contributed by atoms with Gasteiger partial charge in [-0.05, 0) is 23.8 Å². The quantitative estimate of drug-likeness (QED) is 0.714. The van der Waals surface area contributed by atoms with Gasteiger partial charge in [0.2, 0.25) is 0 Å². The average molecular weight is 449 g/mol. The Kier molecular flexibility index (Phi) is 7.87. The minimum Gasteiger partial charge on any atom is -0.361 e. The smallest absolute Gasteiger partial charge is 0.361 e. The van der Waals surface area contributed by atoms with Gasteiger partial charge in [0, 0.05) is 53.8 Å². The molecule has 0 aliphatic carbocycles. The lowest BCUT2D eigenvalue weighted by Gasteiger charge is -2.35. The number of alkyl halides is 3. The molecule has 2 heterocycles. The first-order valence-electron chi connectivity index (χ1n) is 7.22. The first kappa shape index (κ1) is 21.6. The molecule has 2 aromatic rings. The zero-order chi connectivity index (χ0) is 15.7. The van der Waals surface area contributed by atoms with E-state index in [9.17, 15) is 13.2 Å². The van der Waals surface area contributed by atoms with Crippen LogP contribution in [0.3, 0.4) is 0 Å². The lowest BCUT2D eigenvalue weighted by molar-refractivity contribution is -0.148. The molecule has 0 unspecified atom stereocenters. The summed E-state index contributed by atoms with van der Waals surface area (Å²) in [6, 6.07) is 5.00. The molecule has 1 aromatic carbocycles. The summed E-state index contributed by atoms with van der Waals surface area (Å²) in [6.07, 6.45) is -3.30. The van der Waals surface area contributed by atoms with Crippen molar-refractivity contribution in [2.75, 3.05) is 26.2 Å². The summed E-state index contributed by atoms with van der Waals surface area (Å²) in [6.45, 7) is 2.70. The molecular formula is C15H19BrCl2F3N3. The van der Waals surface area contributed by atoms with Crippen LogP contribution in [-0.2, 0) is 0 Å². The van der Waals surface area contributed by atoms with Crippen LogP contribution in [0.2, 0.25) is 0 Å². The van der Waals surface area contributed by atoms with Gasteiger partial charge in [-0.15, -0.1) is 24.8 Å². The van der Waals surface area contributed by atoms with Crippen LogP contribution in [0.15, 0.2) is 28.9 Å². The fraction of sp³-hybridized carbons (Fsp3) is 0.467. The molecular weight excluding hydrogens is 430 g/mol. The van der Waals surface area contributed by atoms with Crippen LogP contribution in [0.1, 0.15) is 18.0 Å². The van der Waals surface area contributed by atoms with E-state index in [4.69, 9.17) is 0 Å². The summed E-state index contributed by atoms with van der Waals surface area (Å²) < 4.78 is 40.1. The van der Waals surface area contributed by atoms with Crippen LogP contribution < -0.4 is 5.32 Å². The van der Waals surface area contributed by atoms with Crippen molar-refractivity contribution in [3.8, 4) is 0 Å². The number of rotatable bonds is 3. The zero-order valence-electron chi connectivity index (χ0n) is 12.7. The van der Waals surface area contributed by atoms with Gasteiger partial charge in [-0.25, -0.2) is 0 Å². The number of fused-ring (bicyclic) bond motifs is 1. The summed E-state index contributed by atoms with van der Waals surface area (Å²) in [4.78, 5) is 5.01. The largest absolute Gasteiger partial charge is 0.390 e. The Bertz CT molecular complexity index is 657. The van der Waals surface area contributed by atoms with Gasteiger partial charge >= 0.3 is 6.18 Å². The molecule has 24 heavy (non-hydrogen) atoms. The molecule has 1 aliphatic heterocycles. The molecule has 0 radical (unpaired) electrons. The average Bonchev–Trinajstić information content (AvgIpc) is 2.87. The molecule has 1 atom stereocenters. The Morgan fingerprint density at radius 1 is 1.17 bits per heavy atom. The van der Waals surface area contributed by atoms with Gasteiger partial charge in [-0.3, -0.25) is 4.90 Å². The zero-order valence-corrected chi connectivity index (χ0v) is 15.9. The van der Waals surface area contributed by atoms with Crippen LogP contribution >= 0.6 is 40.7 Å². The van der Waals surface area contributed by atoms with Gasteiger partial charge in [-0.2, -0.15) is 13.2 Å². The van der Waals surface area contributed by atoms with Crippen molar-refractivity contribution in [3.63, 3.8) is 0 Å². The molecule has 3 nitrogen and oxygen atoms in total. The number of benzene rings is 1. The number of hydrogen-bond acceptors (Lipinski definition) is 2. The number of H-pyrrole nitrogens is 1. The number of aromatic amines is 1. The Balaban J connectivity index is 0.00000144. The summed E-state index contributed by atoms with van der Waals surface area (Å²) in [5.74, 6) is 0. The van der Waals surface area contributed by atoms with Gasteiger partial charge in [0.05, 0.1) is 6.42 Å². The number of piperazine rings is 1. The molecule has 3 rings (SSSR count). The van der Waals surface area contributed by atoms with Crippen molar-refractivity contribution in [2.24, 2.45) is 0 Å². The second-order valence-electron chi connectivity index (χ2n) is 5.55. The van der Waals surface area contributed by atoms with Crippen LogP contribution in [0.4, 0.5) is 13.2 Å². The Hall–Kier alpha value is -0.470. The van der Waals surface area contributed by atoms with E-state index in [-0.39, 0.29) is 24.8 Å². The van der Waals surface area contributed by atoms with Crippen LogP contribution in [0.5, 0.6) is 0 Å². The highest BCUT2D eigenvalue weighted by atomic mass is 79.9. The highest BCUT2D eigenvalue weighted by Crippen LogP contribution is 2.37. The van der Waals surface area contributed by atoms with Crippen LogP contribution in [-0.4, -0.2) is 42.2 Å². The minimum absolute atomic E-state index is 0. The van der Waals surface area contributed by atoms with E-state index in [0.717, 1.165) is 34.0 Å². The first-order valence-corrected chi connectivity index (χ1v) is 8.01. The van der Waals surface area contributed by atoms with E-state index in [1.165, 1.54) is 0 Å². The maximum atomic E-state index is 13.1. The van der Waals surface area contributed by atoms with E-state index >= 15 is 0 Å². The predicted molar refractivity (Wildman–Crippen MR) is 98.4 cm³/mol. The van der Waals surface area contributed by atoms with Crippen molar-refractivity contribution < 1.29 is 13.2 Å². The van der Waals surface area contributed by atoms with Gasteiger partial charge in [0.1, 0.15) is 0 Å². The van der Waals surface area contributed by atoms with Crippen molar-refractivity contribution in [2.45, 2.75) is 18.6 Å². The monoisotopic (exact) mass is 447 g/mol. The molecule has 0 saturated carbocycles. The van der Waals surface area contributed by atoms with E-state index < -0.39 is 18.6 Å². The van der Waals surface area contributed by atoms with Gasteiger partial charge < -0.3 is 10.3 Å². The van der Waals surface area contributed by atoms with Gasteiger partial charge in [0.15, 0.2) is 0 Å². The first-order chi connectivity index (χ1) is 10.4. The molecule has 136 valence electrons. The molecule has 1 aliphatic rings. The Morgan fingerprint density at radius 3 is 2.46 bits per heavy atom. The number of nitrogens with zero attached hydrogens (tertiary/aromatic N) is 1. The topological polar surface area (TPSA) is 31.1 Å². The van der Waals surface area contributed by atoms with Gasteiger partial charge in [0.25, 0.3) is 0 Å². The maximum Gasteiger partial charge on any atom is 0.390 e.